The highest BCUT2D eigenvalue weighted by Gasteiger charge is 2.28. The fourth-order valence-electron chi connectivity index (χ4n) is 3.61. The number of piperidine rings is 1. The number of nitrogens with one attached hydrogen (secondary N) is 1. The molecule has 1 saturated heterocycles. The molecule has 0 radical (unpaired) electrons. The Bertz CT molecular complexity index is 741. The normalized spacial score (nSPS) is 20.8. The van der Waals surface area contributed by atoms with Gasteiger partial charge in [0.05, 0.1) is 18.5 Å². The summed E-state index contributed by atoms with van der Waals surface area (Å²) in [5, 5.41) is 3.51. The zero-order valence-corrected chi connectivity index (χ0v) is 16.8. The Labute approximate surface area is 162 Å². The van der Waals surface area contributed by atoms with Crippen molar-refractivity contribution in [1.82, 2.24) is 19.8 Å². The van der Waals surface area contributed by atoms with Crippen LogP contribution < -0.4 is 10.1 Å². The average Bonchev–Trinajstić information content (AvgIpc) is 3.17. The van der Waals surface area contributed by atoms with Crippen LogP contribution in [-0.4, -0.2) is 46.7 Å². The zero-order valence-electron chi connectivity index (χ0n) is 16.8. The summed E-state index contributed by atoms with van der Waals surface area (Å²) in [5.41, 5.74) is 1.19. The maximum Gasteiger partial charge on any atom is 0.193 e. The van der Waals surface area contributed by atoms with E-state index in [0.717, 1.165) is 37.8 Å². The largest absolute Gasteiger partial charge is 0.491 e. The third kappa shape index (κ3) is 5.02. The highest BCUT2D eigenvalue weighted by molar-refractivity contribution is 5.80. The van der Waals surface area contributed by atoms with Gasteiger partial charge in [-0.15, -0.1) is 0 Å². The molecule has 1 aromatic carbocycles. The van der Waals surface area contributed by atoms with Gasteiger partial charge in [-0.25, -0.2) is 4.98 Å². The average molecular weight is 370 g/mol. The first-order chi connectivity index (χ1) is 13.1. The Balaban J connectivity index is 1.62. The molecule has 0 saturated carbocycles. The van der Waals surface area contributed by atoms with Crippen LogP contribution in [-0.2, 0) is 6.54 Å². The Kier molecular flexibility index (Phi) is 6.37. The summed E-state index contributed by atoms with van der Waals surface area (Å²) in [6, 6.07) is 8.66. The van der Waals surface area contributed by atoms with Gasteiger partial charge in [-0.05, 0) is 43.9 Å². The van der Waals surface area contributed by atoms with Crippen molar-refractivity contribution in [2.24, 2.45) is 10.9 Å². The number of aliphatic imine (C=N–C) groups is 1. The van der Waals surface area contributed by atoms with Gasteiger partial charge in [0.2, 0.25) is 0 Å². The molecule has 1 fully saturated rings. The minimum Gasteiger partial charge on any atom is -0.491 e. The number of benzene rings is 1. The molecule has 1 aromatic heterocycles. The van der Waals surface area contributed by atoms with Crippen molar-refractivity contribution in [2.75, 3.05) is 20.1 Å². The molecule has 2 atom stereocenters. The van der Waals surface area contributed by atoms with Gasteiger partial charge >= 0.3 is 0 Å². The van der Waals surface area contributed by atoms with E-state index in [9.17, 15) is 0 Å². The molecule has 2 unspecified atom stereocenters. The van der Waals surface area contributed by atoms with Crippen LogP contribution in [0.5, 0.6) is 5.75 Å². The fourth-order valence-corrected chi connectivity index (χ4v) is 3.61. The van der Waals surface area contributed by atoms with Gasteiger partial charge in [0, 0.05) is 39.1 Å². The van der Waals surface area contributed by atoms with Crippen molar-refractivity contribution < 1.29 is 4.74 Å². The first-order valence-corrected chi connectivity index (χ1v) is 9.75. The van der Waals surface area contributed by atoms with E-state index in [0.29, 0.717) is 12.0 Å². The molecule has 146 valence electrons. The van der Waals surface area contributed by atoms with Gasteiger partial charge in [0.25, 0.3) is 0 Å². The molecular weight excluding hydrogens is 338 g/mol. The lowest BCUT2D eigenvalue weighted by atomic mass is 9.93. The predicted molar refractivity (Wildman–Crippen MR) is 109 cm³/mol. The molecule has 0 aliphatic carbocycles. The molecule has 1 aliphatic heterocycles. The molecule has 0 amide bonds. The van der Waals surface area contributed by atoms with Crippen LogP contribution in [0.2, 0.25) is 0 Å². The number of hydrogen-bond donors (Lipinski definition) is 1. The lowest BCUT2D eigenvalue weighted by Crippen LogP contribution is -2.48. The topological polar surface area (TPSA) is 54.7 Å². The molecule has 1 N–H and O–H groups in total. The monoisotopic (exact) mass is 369 g/mol. The number of nitrogens with zero attached hydrogens (tertiary/aromatic N) is 4. The van der Waals surface area contributed by atoms with Crippen LogP contribution in [0.15, 0.2) is 48.0 Å². The second-order valence-electron chi connectivity index (χ2n) is 7.50. The maximum absolute atomic E-state index is 5.79. The van der Waals surface area contributed by atoms with Crippen molar-refractivity contribution in [2.45, 2.75) is 45.9 Å². The van der Waals surface area contributed by atoms with Crippen LogP contribution in [0, 0.1) is 5.92 Å². The van der Waals surface area contributed by atoms with Crippen LogP contribution in [0.4, 0.5) is 0 Å². The standard InChI is InChI=1S/C21H31N5O/c1-16(2)27-19-7-5-6-18(12-19)13-24-21(22-4)25-10-8-17(3)20(14-25)26-11-9-23-15-26/h5-7,9,11-12,15-17,20H,8,10,13-14H2,1-4H3,(H,22,24). The minimum absolute atomic E-state index is 0.177. The summed E-state index contributed by atoms with van der Waals surface area (Å²) in [5.74, 6) is 2.48. The summed E-state index contributed by atoms with van der Waals surface area (Å²) in [7, 11) is 1.85. The van der Waals surface area contributed by atoms with Crippen molar-refractivity contribution >= 4 is 5.96 Å². The second-order valence-corrected chi connectivity index (χ2v) is 7.50. The van der Waals surface area contributed by atoms with Crippen LogP contribution in [0.25, 0.3) is 0 Å². The minimum atomic E-state index is 0.177. The SMILES string of the molecule is CN=C(NCc1cccc(OC(C)C)c1)N1CCC(C)C(n2ccnc2)C1. The van der Waals surface area contributed by atoms with E-state index in [1.807, 2.05) is 45.6 Å². The Morgan fingerprint density at radius 1 is 1.41 bits per heavy atom. The van der Waals surface area contributed by atoms with E-state index >= 15 is 0 Å². The van der Waals surface area contributed by atoms with E-state index in [2.05, 4.69) is 50.0 Å². The van der Waals surface area contributed by atoms with E-state index in [1.165, 1.54) is 5.56 Å². The molecule has 0 bridgehead atoms. The summed E-state index contributed by atoms with van der Waals surface area (Å²) < 4.78 is 8.01. The highest BCUT2D eigenvalue weighted by atomic mass is 16.5. The lowest BCUT2D eigenvalue weighted by molar-refractivity contribution is 0.189. The smallest absolute Gasteiger partial charge is 0.193 e. The third-order valence-electron chi connectivity index (χ3n) is 5.06. The number of guanidine groups is 1. The summed E-state index contributed by atoms with van der Waals surface area (Å²) in [6.07, 6.45) is 7.14. The molecule has 1 aliphatic rings. The Morgan fingerprint density at radius 3 is 2.96 bits per heavy atom. The first-order valence-electron chi connectivity index (χ1n) is 9.75. The number of ether oxygens (including phenoxy) is 1. The van der Waals surface area contributed by atoms with Crippen LogP contribution in [0.3, 0.4) is 0 Å². The number of aromatic nitrogens is 2. The zero-order chi connectivity index (χ0) is 19.2. The van der Waals surface area contributed by atoms with Crippen molar-refractivity contribution in [3.63, 3.8) is 0 Å². The van der Waals surface area contributed by atoms with Gasteiger partial charge in [0.1, 0.15) is 5.75 Å². The lowest BCUT2D eigenvalue weighted by Gasteiger charge is -2.39. The second kappa shape index (κ2) is 8.93. The highest BCUT2D eigenvalue weighted by Crippen LogP contribution is 2.27. The molecule has 27 heavy (non-hydrogen) atoms. The first kappa shape index (κ1) is 19.3. The van der Waals surface area contributed by atoms with Crippen molar-refractivity contribution in [3.8, 4) is 5.75 Å². The number of likely N-dealkylation sites (tertiary alicyclic amines) is 1. The fraction of sp³-hybridized carbons (Fsp3) is 0.524. The summed E-state index contributed by atoms with van der Waals surface area (Å²) in [6.45, 7) is 9.08. The quantitative estimate of drug-likeness (QED) is 0.649. The molecular formula is C21H31N5O. The number of rotatable bonds is 5. The molecule has 6 heteroatoms. The molecule has 0 spiro atoms. The Hall–Kier alpha value is -2.50. The van der Waals surface area contributed by atoms with Gasteiger partial charge < -0.3 is 19.5 Å². The summed E-state index contributed by atoms with van der Waals surface area (Å²) >= 11 is 0. The Morgan fingerprint density at radius 2 is 2.26 bits per heavy atom. The van der Waals surface area contributed by atoms with E-state index in [-0.39, 0.29) is 6.10 Å². The third-order valence-corrected chi connectivity index (χ3v) is 5.06. The molecule has 2 aromatic rings. The molecule has 2 heterocycles. The van der Waals surface area contributed by atoms with Crippen LogP contribution in [0.1, 0.15) is 38.8 Å². The van der Waals surface area contributed by atoms with E-state index in [4.69, 9.17) is 4.74 Å². The molecule has 6 nitrogen and oxygen atoms in total. The maximum atomic E-state index is 5.79. The van der Waals surface area contributed by atoms with Crippen molar-refractivity contribution in [3.05, 3.63) is 48.5 Å². The predicted octanol–water partition coefficient (Wildman–Crippen LogP) is 3.33. The number of imidazole rings is 1. The summed E-state index contributed by atoms with van der Waals surface area (Å²) in [4.78, 5) is 11.1. The van der Waals surface area contributed by atoms with Gasteiger partial charge in [-0.2, -0.15) is 0 Å². The van der Waals surface area contributed by atoms with Crippen molar-refractivity contribution in [1.29, 1.82) is 0 Å². The van der Waals surface area contributed by atoms with Gasteiger partial charge in [-0.1, -0.05) is 19.1 Å². The van der Waals surface area contributed by atoms with Gasteiger partial charge in [0.15, 0.2) is 5.96 Å². The van der Waals surface area contributed by atoms with Crippen LogP contribution >= 0.6 is 0 Å². The molecule has 3 rings (SSSR count). The van der Waals surface area contributed by atoms with Gasteiger partial charge in [-0.3, -0.25) is 4.99 Å². The number of hydrogen-bond acceptors (Lipinski definition) is 3. The van der Waals surface area contributed by atoms with E-state index < -0.39 is 0 Å². The van der Waals surface area contributed by atoms with E-state index in [1.54, 1.807) is 0 Å².